The van der Waals surface area contributed by atoms with E-state index in [1.165, 1.54) is 11.3 Å². The Balaban J connectivity index is 2.01. The number of hydrogen-bond donors (Lipinski definition) is 0. The summed E-state index contributed by atoms with van der Waals surface area (Å²) in [6.07, 6.45) is 0.827. The number of benzene rings is 2. The van der Waals surface area contributed by atoms with Gasteiger partial charge in [-0.05, 0) is 24.3 Å². The number of carbonyl (C=O) groups is 1. The minimum Gasteiger partial charge on any atom is -0.298 e. The zero-order valence-electron chi connectivity index (χ0n) is 10.7. The predicted octanol–water partition coefficient (Wildman–Crippen LogP) is 5.60. The van der Waals surface area contributed by atoms with Crippen LogP contribution in [0.4, 0.5) is 0 Å². The summed E-state index contributed by atoms with van der Waals surface area (Å²) in [6, 6.07) is 12.7. The predicted molar refractivity (Wildman–Crippen MR) is 88.4 cm³/mol. The van der Waals surface area contributed by atoms with Crippen molar-refractivity contribution in [1.29, 1.82) is 0 Å². The maximum Gasteiger partial charge on any atom is 0.150 e. The van der Waals surface area contributed by atoms with Crippen molar-refractivity contribution in [3.05, 3.63) is 63.5 Å². The first-order chi connectivity index (χ1) is 10.2. The summed E-state index contributed by atoms with van der Waals surface area (Å²) < 4.78 is 0. The van der Waals surface area contributed by atoms with Gasteiger partial charge in [0.15, 0.2) is 0 Å². The molecule has 0 unspecified atom stereocenters. The average molecular weight is 334 g/mol. The number of hydrogen-bond acceptors (Lipinski definition) is 3. The minimum atomic E-state index is 0.570. The largest absolute Gasteiger partial charge is 0.298 e. The van der Waals surface area contributed by atoms with Crippen LogP contribution in [0.2, 0.25) is 10.0 Å². The molecule has 0 amide bonds. The second-order valence-corrected chi connectivity index (χ2v) is 6.11. The van der Waals surface area contributed by atoms with Gasteiger partial charge in [-0.1, -0.05) is 41.4 Å². The second-order valence-electron chi connectivity index (χ2n) is 4.41. The molecule has 5 heteroatoms. The molecular formula is C16H9Cl2NOS. The lowest BCUT2D eigenvalue weighted by atomic mass is 10.1. The van der Waals surface area contributed by atoms with Crippen LogP contribution >= 0.6 is 34.5 Å². The maximum atomic E-state index is 10.8. The van der Waals surface area contributed by atoms with Crippen molar-refractivity contribution >= 4 is 40.8 Å². The molecule has 104 valence electrons. The molecule has 0 spiro atoms. The van der Waals surface area contributed by atoms with Crippen molar-refractivity contribution in [2.75, 3.05) is 0 Å². The summed E-state index contributed by atoms with van der Waals surface area (Å²) in [6.45, 7) is 0. The molecule has 0 atom stereocenters. The van der Waals surface area contributed by atoms with Crippen LogP contribution < -0.4 is 0 Å². The van der Waals surface area contributed by atoms with Crippen LogP contribution in [0, 0.1) is 0 Å². The first kappa shape index (κ1) is 14.3. The highest BCUT2D eigenvalue weighted by Crippen LogP contribution is 2.34. The Hall–Kier alpha value is -1.68. The molecule has 1 aromatic heterocycles. The summed E-state index contributed by atoms with van der Waals surface area (Å²) in [5.41, 5.74) is 3.19. The zero-order chi connectivity index (χ0) is 14.8. The molecular weight excluding hydrogens is 325 g/mol. The third-order valence-corrected chi connectivity index (χ3v) is 4.42. The van der Waals surface area contributed by atoms with Crippen molar-refractivity contribution in [2.24, 2.45) is 0 Å². The van der Waals surface area contributed by atoms with Gasteiger partial charge in [0.1, 0.15) is 11.3 Å². The highest BCUT2D eigenvalue weighted by molar-refractivity contribution is 7.13. The lowest BCUT2D eigenvalue weighted by molar-refractivity contribution is 0.112. The van der Waals surface area contributed by atoms with E-state index in [1.807, 2.05) is 29.6 Å². The van der Waals surface area contributed by atoms with Crippen LogP contribution in [0.5, 0.6) is 0 Å². The van der Waals surface area contributed by atoms with Crippen LogP contribution in [0.15, 0.2) is 47.8 Å². The van der Waals surface area contributed by atoms with E-state index in [0.717, 1.165) is 28.1 Å². The summed E-state index contributed by atoms with van der Waals surface area (Å²) in [5.74, 6) is 0. The Labute approximate surface area is 136 Å². The molecule has 1 heterocycles. The number of thiazole rings is 1. The Morgan fingerprint density at radius 2 is 1.95 bits per heavy atom. The second kappa shape index (κ2) is 5.98. The molecule has 3 rings (SSSR count). The Morgan fingerprint density at radius 3 is 2.71 bits per heavy atom. The monoisotopic (exact) mass is 333 g/mol. The Kier molecular flexibility index (Phi) is 4.06. The minimum absolute atomic E-state index is 0.570. The summed E-state index contributed by atoms with van der Waals surface area (Å²) in [5, 5.41) is 3.96. The molecule has 0 N–H and O–H groups in total. The van der Waals surface area contributed by atoms with E-state index in [2.05, 4.69) is 4.98 Å². The first-order valence-corrected chi connectivity index (χ1v) is 7.77. The molecule has 3 aromatic rings. The van der Waals surface area contributed by atoms with E-state index >= 15 is 0 Å². The van der Waals surface area contributed by atoms with Gasteiger partial charge in [-0.2, -0.15) is 0 Å². The molecule has 21 heavy (non-hydrogen) atoms. The van der Waals surface area contributed by atoms with E-state index < -0.39 is 0 Å². The fraction of sp³-hybridized carbons (Fsp3) is 0. The lowest BCUT2D eigenvalue weighted by Gasteiger charge is -2.01. The standard InChI is InChI=1S/C16H9Cl2NOS/c17-12-4-5-13(14(18)7-12)15-9-21-16(19-15)11-3-1-2-10(6-11)8-20/h1-9H. The van der Waals surface area contributed by atoms with Crippen molar-refractivity contribution in [2.45, 2.75) is 0 Å². The smallest absolute Gasteiger partial charge is 0.150 e. The SMILES string of the molecule is O=Cc1cccc(-c2nc(-c3ccc(Cl)cc3Cl)cs2)c1. The number of halogens is 2. The molecule has 0 aliphatic carbocycles. The lowest BCUT2D eigenvalue weighted by Crippen LogP contribution is -1.83. The maximum absolute atomic E-state index is 10.8. The molecule has 0 saturated carbocycles. The van der Waals surface area contributed by atoms with Crippen molar-refractivity contribution in [3.63, 3.8) is 0 Å². The van der Waals surface area contributed by atoms with Gasteiger partial charge in [-0.3, -0.25) is 4.79 Å². The first-order valence-electron chi connectivity index (χ1n) is 6.14. The topological polar surface area (TPSA) is 30.0 Å². The average Bonchev–Trinajstić information content (AvgIpc) is 2.97. The van der Waals surface area contributed by atoms with E-state index in [1.54, 1.807) is 18.2 Å². The molecule has 2 nitrogen and oxygen atoms in total. The van der Waals surface area contributed by atoms with Crippen LogP contribution in [-0.2, 0) is 0 Å². The summed E-state index contributed by atoms with van der Waals surface area (Å²) >= 11 is 13.6. The van der Waals surface area contributed by atoms with Gasteiger partial charge in [0.25, 0.3) is 0 Å². The molecule has 0 aliphatic rings. The highest BCUT2D eigenvalue weighted by Gasteiger charge is 2.10. The molecule has 2 aromatic carbocycles. The molecule has 0 radical (unpaired) electrons. The van der Waals surface area contributed by atoms with Crippen molar-refractivity contribution < 1.29 is 4.79 Å². The Bertz CT molecular complexity index is 814. The molecule has 0 bridgehead atoms. The van der Waals surface area contributed by atoms with Gasteiger partial charge in [-0.25, -0.2) is 4.98 Å². The third-order valence-electron chi connectivity index (χ3n) is 2.98. The van der Waals surface area contributed by atoms with Gasteiger partial charge in [0.05, 0.1) is 10.7 Å². The van der Waals surface area contributed by atoms with Gasteiger partial charge >= 0.3 is 0 Å². The highest BCUT2D eigenvalue weighted by atomic mass is 35.5. The van der Waals surface area contributed by atoms with E-state index in [-0.39, 0.29) is 0 Å². The van der Waals surface area contributed by atoms with Gasteiger partial charge in [0.2, 0.25) is 0 Å². The third kappa shape index (κ3) is 3.00. The van der Waals surface area contributed by atoms with Gasteiger partial charge < -0.3 is 0 Å². The van der Waals surface area contributed by atoms with Gasteiger partial charge in [0, 0.05) is 27.1 Å². The zero-order valence-corrected chi connectivity index (χ0v) is 13.0. The Morgan fingerprint density at radius 1 is 1.10 bits per heavy atom. The van der Waals surface area contributed by atoms with Crippen LogP contribution in [0.1, 0.15) is 10.4 Å². The summed E-state index contributed by atoms with van der Waals surface area (Å²) in [4.78, 5) is 15.4. The fourth-order valence-electron chi connectivity index (χ4n) is 1.97. The van der Waals surface area contributed by atoms with Crippen molar-refractivity contribution in [1.82, 2.24) is 4.98 Å². The number of aromatic nitrogens is 1. The van der Waals surface area contributed by atoms with E-state index in [0.29, 0.717) is 15.6 Å². The summed E-state index contributed by atoms with van der Waals surface area (Å²) in [7, 11) is 0. The molecule has 0 fully saturated rings. The van der Waals surface area contributed by atoms with Crippen LogP contribution in [0.25, 0.3) is 21.8 Å². The number of carbonyl (C=O) groups excluding carboxylic acids is 1. The normalized spacial score (nSPS) is 10.6. The van der Waals surface area contributed by atoms with E-state index in [4.69, 9.17) is 23.2 Å². The number of rotatable bonds is 3. The van der Waals surface area contributed by atoms with Crippen LogP contribution in [0.3, 0.4) is 0 Å². The molecule has 0 aliphatic heterocycles. The quantitative estimate of drug-likeness (QED) is 0.584. The fourth-order valence-corrected chi connectivity index (χ4v) is 3.29. The number of aldehydes is 1. The van der Waals surface area contributed by atoms with E-state index in [9.17, 15) is 4.79 Å². The van der Waals surface area contributed by atoms with Crippen molar-refractivity contribution in [3.8, 4) is 21.8 Å². The molecule has 0 saturated heterocycles. The number of nitrogens with zero attached hydrogens (tertiary/aromatic N) is 1. The van der Waals surface area contributed by atoms with Crippen LogP contribution in [-0.4, -0.2) is 11.3 Å². The van der Waals surface area contributed by atoms with Gasteiger partial charge in [-0.15, -0.1) is 11.3 Å².